The predicted octanol–water partition coefficient (Wildman–Crippen LogP) is 2.60. The molecule has 0 aliphatic heterocycles. The Morgan fingerprint density at radius 3 is 2.43 bits per heavy atom. The first kappa shape index (κ1) is 23.6. The Balaban J connectivity index is 2.05. The molecule has 0 aliphatic rings. The highest BCUT2D eigenvalue weighted by Crippen LogP contribution is 2.19. The molecule has 0 saturated carbocycles. The lowest BCUT2D eigenvalue weighted by molar-refractivity contribution is 0.223. The van der Waals surface area contributed by atoms with Crippen LogP contribution >= 0.6 is 0 Å². The van der Waals surface area contributed by atoms with Crippen LogP contribution in [0.3, 0.4) is 0 Å². The maximum absolute atomic E-state index is 13.0. The average molecular weight is 437 g/mol. The fourth-order valence-electron chi connectivity index (χ4n) is 2.62. The number of hydrogen-bond acceptors (Lipinski definition) is 4. The molecule has 0 aromatic heterocycles. The van der Waals surface area contributed by atoms with E-state index in [1.54, 1.807) is 36.4 Å². The molecule has 2 aromatic rings. The number of hydrogen-bond donors (Lipinski definition) is 2. The fraction of sp³-hybridized carbons (Fsp3) is 0.381. The molecule has 2 aromatic carbocycles. The van der Waals surface area contributed by atoms with Gasteiger partial charge in [0.15, 0.2) is 5.96 Å². The first-order valence-electron chi connectivity index (χ1n) is 9.69. The highest BCUT2D eigenvalue weighted by Gasteiger charge is 2.20. The maximum atomic E-state index is 13.0. The van der Waals surface area contributed by atoms with Gasteiger partial charge >= 0.3 is 0 Å². The van der Waals surface area contributed by atoms with Crippen molar-refractivity contribution < 1.29 is 17.5 Å². The van der Waals surface area contributed by atoms with Crippen LogP contribution < -0.4 is 15.4 Å². The van der Waals surface area contributed by atoms with Gasteiger partial charge in [-0.1, -0.05) is 18.2 Å². The minimum absolute atomic E-state index is 0.194. The number of aliphatic imine (C=N–C) groups is 1. The Morgan fingerprint density at radius 2 is 1.80 bits per heavy atom. The minimum atomic E-state index is -3.55. The highest BCUT2D eigenvalue weighted by molar-refractivity contribution is 7.89. The Morgan fingerprint density at radius 1 is 1.13 bits per heavy atom. The standard InChI is InChI=1S/C21H29FN4O3S/c1-5-23-21(24-14-16(2)29-19-12-10-18(22)11-13-19)25-15-17-8-6-7-9-20(17)30(27,28)26(3)4/h6-13,16H,5,14-15H2,1-4H3,(H2,23,24,25). The highest BCUT2D eigenvalue weighted by atomic mass is 32.2. The molecular weight excluding hydrogens is 407 g/mol. The molecule has 2 N–H and O–H groups in total. The average Bonchev–Trinajstić information content (AvgIpc) is 2.72. The van der Waals surface area contributed by atoms with Crippen molar-refractivity contribution in [1.29, 1.82) is 0 Å². The molecule has 0 bridgehead atoms. The third-order valence-corrected chi connectivity index (χ3v) is 6.11. The van der Waals surface area contributed by atoms with Crippen LogP contribution in [0.25, 0.3) is 0 Å². The van der Waals surface area contributed by atoms with Crippen LogP contribution in [-0.2, 0) is 16.6 Å². The van der Waals surface area contributed by atoms with Gasteiger partial charge in [0.05, 0.1) is 18.0 Å². The van der Waals surface area contributed by atoms with Crippen molar-refractivity contribution in [2.24, 2.45) is 4.99 Å². The molecule has 9 heteroatoms. The van der Waals surface area contributed by atoms with E-state index in [0.717, 1.165) is 0 Å². The summed E-state index contributed by atoms with van der Waals surface area (Å²) >= 11 is 0. The Hall–Kier alpha value is -2.65. The Labute approximate surface area is 178 Å². The second-order valence-electron chi connectivity index (χ2n) is 6.85. The first-order chi connectivity index (χ1) is 14.2. The maximum Gasteiger partial charge on any atom is 0.242 e. The smallest absolute Gasteiger partial charge is 0.242 e. The predicted molar refractivity (Wildman–Crippen MR) is 117 cm³/mol. The number of benzene rings is 2. The second kappa shape index (κ2) is 10.9. The van der Waals surface area contributed by atoms with Gasteiger partial charge in [-0.05, 0) is 49.7 Å². The van der Waals surface area contributed by atoms with E-state index in [0.29, 0.717) is 30.4 Å². The van der Waals surface area contributed by atoms with Crippen molar-refractivity contribution in [3.63, 3.8) is 0 Å². The lowest BCUT2D eigenvalue weighted by atomic mass is 10.2. The van der Waals surface area contributed by atoms with Gasteiger partial charge < -0.3 is 15.4 Å². The molecule has 0 saturated heterocycles. The van der Waals surface area contributed by atoms with Crippen molar-refractivity contribution >= 4 is 16.0 Å². The molecule has 164 valence electrons. The summed E-state index contributed by atoms with van der Waals surface area (Å²) in [5, 5.41) is 6.32. The number of rotatable bonds is 9. The van der Waals surface area contributed by atoms with Crippen molar-refractivity contribution in [3.8, 4) is 5.75 Å². The number of nitrogens with zero attached hydrogens (tertiary/aromatic N) is 2. The first-order valence-corrected chi connectivity index (χ1v) is 11.1. The summed E-state index contributed by atoms with van der Waals surface area (Å²) in [6.07, 6.45) is -0.194. The molecule has 2 rings (SSSR count). The van der Waals surface area contributed by atoms with Gasteiger partial charge in [0.25, 0.3) is 0 Å². The third-order valence-electron chi connectivity index (χ3n) is 4.19. The van der Waals surface area contributed by atoms with E-state index in [1.165, 1.54) is 30.5 Å². The summed E-state index contributed by atoms with van der Waals surface area (Å²) in [4.78, 5) is 4.75. The fourth-order valence-corrected chi connectivity index (χ4v) is 3.72. The summed E-state index contributed by atoms with van der Waals surface area (Å²) in [5.74, 6) is 0.811. The van der Waals surface area contributed by atoms with Gasteiger partial charge in [0.1, 0.15) is 17.7 Å². The van der Waals surface area contributed by atoms with Crippen molar-refractivity contribution in [1.82, 2.24) is 14.9 Å². The van der Waals surface area contributed by atoms with Gasteiger partial charge in [-0.15, -0.1) is 0 Å². The molecular formula is C21H29FN4O3S. The minimum Gasteiger partial charge on any atom is -0.489 e. The van der Waals surface area contributed by atoms with E-state index in [4.69, 9.17) is 4.74 Å². The Kier molecular flexibility index (Phi) is 8.61. The molecule has 1 unspecified atom stereocenters. The molecule has 0 spiro atoms. The lowest BCUT2D eigenvalue weighted by Gasteiger charge is -2.18. The van der Waals surface area contributed by atoms with Crippen LogP contribution in [-0.4, -0.2) is 52.0 Å². The monoisotopic (exact) mass is 436 g/mol. The van der Waals surface area contributed by atoms with E-state index < -0.39 is 10.0 Å². The molecule has 0 fully saturated rings. The van der Waals surface area contributed by atoms with Crippen LogP contribution in [0.4, 0.5) is 4.39 Å². The number of guanidine groups is 1. The van der Waals surface area contributed by atoms with Crippen LogP contribution in [0.5, 0.6) is 5.75 Å². The topological polar surface area (TPSA) is 83.0 Å². The molecule has 0 amide bonds. The summed E-state index contributed by atoms with van der Waals surface area (Å²) in [6.45, 7) is 5.14. The van der Waals surface area contributed by atoms with E-state index >= 15 is 0 Å². The zero-order valence-electron chi connectivity index (χ0n) is 17.7. The van der Waals surface area contributed by atoms with E-state index in [1.807, 2.05) is 13.8 Å². The van der Waals surface area contributed by atoms with Crippen molar-refractivity contribution in [2.45, 2.75) is 31.4 Å². The van der Waals surface area contributed by atoms with E-state index in [9.17, 15) is 12.8 Å². The molecule has 1 atom stereocenters. The van der Waals surface area contributed by atoms with Gasteiger partial charge in [-0.3, -0.25) is 0 Å². The molecule has 0 radical (unpaired) electrons. The largest absolute Gasteiger partial charge is 0.489 e. The normalized spacial score (nSPS) is 13.2. The molecule has 7 nitrogen and oxygen atoms in total. The zero-order valence-corrected chi connectivity index (χ0v) is 18.5. The van der Waals surface area contributed by atoms with Crippen molar-refractivity contribution in [2.75, 3.05) is 27.2 Å². The summed E-state index contributed by atoms with van der Waals surface area (Å²) in [7, 11) is -0.548. The second-order valence-corrected chi connectivity index (χ2v) is 8.97. The number of ether oxygens (including phenoxy) is 1. The number of sulfonamides is 1. The van der Waals surface area contributed by atoms with Crippen LogP contribution in [0, 0.1) is 5.82 Å². The molecule has 0 aliphatic carbocycles. The van der Waals surface area contributed by atoms with E-state index in [-0.39, 0.29) is 23.4 Å². The van der Waals surface area contributed by atoms with Gasteiger partial charge in [-0.2, -0.15) is 0 Å². The SMILES string of the molecule is CCNC(=NCc1ccccc1S(=O)(=O)N(C)C)NCC(C)Oc1ccc(F)cc1. The van der Waals surface area contributed by atoms with Gasteiger partial charge in [0.2, 0.25) is 10.0 Å². The quantitative estimate of drug-likeness (QED) is 0.466. The van der Waals surface area contributed by atoms with Gasteiger partial charge in [-0.25, -0.2) is 22.1 Å². The lowest BCUT2D eigenvalue weighted by Crippen LogP contribution is -2.41. The molecule has 30 heavy (non-hydrogen) atoms. The van der Waals surface area contributed by atoms with Crippen molar-refractivity contribution in [3.05, 3.63) is 59.9 Å². The third kappa shape index (κ3) is 6.70. The Bertz CT molecular complexity index is 947. The molecule has 0 heterocycles. The summed E-state index contributed by atoms with van der Waals surface area (Å²) in [6, 6.07) is 12.7. The van der Waals surface area contributed by atoms with Crippen LogP contribution in [0.2, 0.25) is 0 Å². The number of nitrogens with one attached hydrogen (secondary N) is 2. The van der Waals surface area contributed by atoms with E-state index in [2.05, 4.69) is 15.6 Å². The summed E-state index contributed by atoms with van der Waals surface area (Å²) in [5.41, 5.74) is 0.610. The van der Waals surface area contributed by atoms with Crippen LogP contribution in [0.15, 0.2) is 58.4 Å². The van der Waals surface area contributed by atoms with Gasteiger partial charge in [0, 0.05) is 20.6 Å². The number of halogens is 1. The zero-order chi connectivity index (χ0) is 22.1. The van der Waals surface area contributed by atoms with Crippen LogP contribution in [0.1, 0.15) is 19.4 Å². The summed E-state index contributed by atoms with van der Waals surface area (Å²) < 4.78 is 45.0.